The summed E-state index contributed by atoms with van der Waals surface area (Å²) in [5.41, 5.74) is 3.37. The Balaban J connectivity index is 0.000000164. The van der Waals surface area contributed by atoms with Gasteiger partial charge in [-0.15, -0.1) is 34.4 Å². The number of esters is 2. The molecule has 280 valence electrons. The normalized spacial score (nSPS) is 11.4. The quantitative estimate of drug-likeness (QED) is 0.110. The molecule has 0 unspecified atom stereocenters. The zero-order valence-corrected chi connectivity index (χ0v) is 32.4. The van der Waals surface area contributed by atoms with Gasteiger partial charge in [-0.05, 0) is 74.5 Å². The number of para-hydroxylation sites is 2. The summed E-state index contributed by atoms with van der Waals surface area (Å²) in [6.07, 6.45) is 5.88. The van der Waals surface area contributed by atoms with Crippen LogP contribution in [0.5, 0.6) is 0 Å². The number of hydrogen-bond donors (Lipinski definition) is 0. The summed E-state index contributed by atoms with van der Waals surface area (Å²) < 4.78 is 29.7. The molecule has 0 aliphatic carbocycles. The van der Waals surface area contributed by atoms with Crippen molar-refractivity contribution in [3.63, 3.8) is 0 Å². The van der Waals surface area contributed by atoms with E-state index in [2.05, 4.69) is 9.97 Å². The topological polar surface area (TPSA) is 121 Å². The predicted octanol–water partition coefficient (Wildman–Crippen LogP) is 8.95. The van der Waals surface area contributed by atoms with Crippen LogP contribution in [-0.2, 0) is 15.9 Å². The smallest absolute Gasteiger partial charge is 0.345 e. The molecule has 0 atom stereocenters. The van der Waals surface area contributed by atoms with Crippen LogP contribution in [0.2, 0.25) is 0 Å². The van der Waals surface area contributed by atoms with Crippen LogP contribution in [0.1, 0.15) is 40.3 Å². The molecule has 0 N–H and O–H groups in total. The number of thioether (sulfide) groups is 1. The largest absolute Gasteiger partial charge is 0.462 e. The van der Waals surface area contributed by atoms with Crippen molar-refractivity contribution in [2.45, 2.75) is 25.2 Å². The van der Waals surface area contributed by atoms with Crippen LogP contribution >= 0.6 is 34.4 Å². The third-order valence-corrected chi connectivity index (χ3v) is 12.3. The first kappa shape index (κ1) is 37.0. The number of ether oxygens (including phenoxy) is 2. The summed E-state index contributed by atoms with van der Waals surface area (Å²) in [4.78, 5) is 61.9. The van der Waals surface area contributed by atoms with Crippen molar-refractivity contribution in [1.82, 2.24) is 18.8 Å². The fourth-order valence-corrected chi connectivity index (χ4v) is 9.89. The summed E-state index contributed by atoms with van der Waals surface area (Å²) >= 11 is 4.42. The zero-order chi connectivity index (χ0) is 38.9. The third-order valence-electron chi connectivity index (χ3n) is 9.01. The molecule has 0 fully saturated rings. The molecular weight excluding hydrogens is 772 g/mol. The van der Waals surface area contributed by atoms with E-state index in [1.807, 2.05) is 75.5 Å². The van der Waals surface area contributed by atoms with E-state index in [1.54, 1.807) is 50.3 Å². The van der Waals surface area contributed by atoms with Gasteiger partial charge < -0.3 is 9.47 Å². The van der Waals surface area contributed by atoms with Gasteiger partial charge >= 0.3 is 11.9 Å². The molecule has 0 aliphatic rings. The lowest BCUT2D eigenvalue weighted by atomic mass is 10.1. The van der Waals surface area contributed by atoms with Gasteiger partial charge in [0.1, 0.15) is 26.6 Å². The number of fused-ring (bicyclic) bond motifs is 10. The van der Waals surface area contributed by atoms with E-state index in [0.29, 0.717) is 20.6 Å². The van der Waals surface area contributed by atoms with Gasteiger partial charge in [0.05, 0.1) is 50.4 Å². The summed E-state index contributed by atoms with van der Waals surface area (Å²) in [6, 6.07) is 25.4. The van der Waals surface area contributed by atoms with Crippen molar-refractivity contribution in [2.24, 2.45) is 0 Å². The van der Waals surface area contributed by atoms with E-state index in [4.69, 9.17) is 9.47 Å². The van der Waals surface area contributed by atoms with Gasteiger partial charge in [-0.25, -0.2) is 14.0 Å². The van der Waals surface area contributed by atoms with Crippen LogP contribution in [-0.4, -0.2) is 49.7 Å². The average Bonchev–Trinajstić information content (AvgIpc) is 3.78. The van der Waals surface area contributed by atoms with Gasteiger partial charge in [-0.3, -0.25) is 28.4 Å². The zero-order valence-electron chi connectivity index (χ0n) is 30.0. The second-order valence-corrected chi connectivity index (χ2v) is 15.6. The average molecular weight is 803 g/mol. The minimum absolute atomic E-state index is 0.0452. The monoisotopic (exact) mass is 802 g/mol. The van der Waals surface area contributed by atoms with Gasteiger partial charge in [-0.1, -0.05) is 24.3 Å². The summed E-state index contributed by atoms with van der Waals surface area (Å²) in [7, 11) is 0. The standard InChI is InChI=1S/C24H19N3O3S2.C18H12FNO3S/c1-2-30-24(29)21-22(28)17-13-16(31-12-9-15-14-25-10-11-26-15)7-8-18(17)27-19-5-3-4-6-20(19)32-23(21)27;1-2-23-18(22)15-16(21)11-9-10(19)7-8-12(11)20-13-5-3-4-6-14(13)24-17(15)20/h3-8,10-11,13-14H,2,9,12H2,1H3;3-9H,2H2,1H3. The molecule has 14 heteroatoms. The second-order valence-electron chi connectivity index (χ2n) is 12.4. The van der Waals surface area contributed by atoms with Crippen LogP contribution < -0.4 is 10.9 Å². The Morgan fingerprint density at radius 2 is 1.27 bits per heavy atom. The summed E-state index contributed by atoms with van der Waals surface area (Å²) in [5.74, 6) is -0.976. The Morgan fingerprint density at radius 1 is 0.714 bits per heavy atom. The molecule has 5 aromatic heterocycles. The fourth-order valence-electron chi connectivity index (χ4n) is 6.61. The number of halogens is 1. The summed E-state index contributed by atoms with van der Waals surface area (Å²) in [5, 5.41) is 0.678. The number of nitrogens with zero attached hydrogens (tertiary/aromatic N) is 4. The third kappa shape index (κ3) is 6.69. The SMILES string of the molecule is CCOC(=O)c1c(=O)c2cc(F)ccc2n2c1sc1ccccc12.CCOC(=O)c1c(=O)c2cc(SCCc3cnccn3)ccc2n2c1sc1ccccc12. The number of aromatic nitrogens is 4. The molecular formula is C42H31FN4O6S3. The molecule has 5 heterocycles. The minimum atomic E-state index is -0.683. The van der Waals surface area contributed by atoms with E-state index < -0.39 is 23.2 Å². The summed E-state index contributed by atoms with van der Waals surface area (Å²) in [6.45, 7) is 3.80. The van der Waals surface area contributed by atoms with E-state index in [0.717, 1.165) is 48.7 Å². The highest BCUT2D eigenvalue weighted by Crippen LogP contribution is 2.34. The molecule has 0 saturated heterocycles. The molecule has 0 aliphatic heterocycles. The van der Waals surface area contributed by atoms with E-state index in [-0.39, 0.29) is 35.2 Å². The molecule has 56 heavy (non-hydrogen) atoms. The van der Waals surface area contributed by atoms with Crippen LogP contribution in [0.4, 0.5) is 4.39 Å². The van der Waals surface area contributed by atoms with Crippen molar-refractivity contribution in [3.8, 4) is 0 Å². The highest BCUT2D eigenvalue weighted by molar-refractivity contribution is 7.99. The maximum atomic E-state index is 13.7. The van der Waals surface area contributed by atoms with Crippen molar-refractivity contribution in [1.29, 1.82) is 0 Å². The van der Waals surface area contributed by atoms with Gasteiger partial charge in [-0.2, -0.15) is 0 Å². The Morgan fingerprint density at radius 3 is 1.82 bits per heavy atom. The molecule has 9 aromatic rings. The van der Waals surface area contributed by atoms with Gasteiger partial charge in [0.15, 0.2) is 0 Å². The van der Waals surface area contributed by atoms with E-state index in [9.17, 15) is 23.6 Å². The lowest BCUT2D eigenvalue weighted by molar-refractivity contribution is 0.0517. The van der Waals surface area contributed by atoms with Gasteiger partial charge in [0, 0.05) is 46.4 Å². The Labute approximate surface area is 329 Å². The van der Waals surface area contributed by atoms with E-state index in [1.165, 1.54) is 34.8 Å². The number of thiazole rings is 2. The predicted molar refractivity (Wildman–Crippen MR) is 221 cm³/mol. The number of aryl methyl sites for hydroxylation is 1. The van der Waals surface area contributed by atoms with E-state index >= 15 is 0 Å². The Kier molecular flexibility index (Phi) is 10.3. The number of rotatable bonds is 8. The molecule has 10 nitrogen and oxygen atoms in total. The van der Waals surface area contributed by atoms with Crippen molar-refractivity contribution in [2.75, 3.05) is 19.0 Å². The van der Waals surface area contributed by atoms with Crippen LogP contribution in [0.3, 0.4) is 0 Å². The van der Waals surface area contributed by atoms with Gasteiger partial charge in [0.2, 0.25) is 10.9 Å². The number of benzene rings is 4. The molecule has 4 aromatic carbocycles. The van der Waals surface area contributed by atoms with Gasteiger partial charge in [0.25, 0.3) is 0 Å². The Hall–Kier alpha value is -5.96. The first-order chi connectivity index (χ1) is 27.3. The molecule has 0 bridgehead atoms. The molecule has 0 saturated carbocycles. The first-order valence-corrected chi connectivity index (χ1v) is 20.3. The highest BCUT2D eigenvalue weighted by Gasteiger charge is 2.24. The number of hydrogen-bond acceptors (Lipinski definition) is 11. The molecule has 9 rings (SSSR count). The van der Waals surface area contributed by atoms with Crippen molar-refractivity contribution >= 4 is 98.3 Å². The number of carbonyl (C=O) groups excluding carboxylic acids is 2. The van der Waals surface area contributed by atoms with Crippen molar-refractivity contribution < 1.29 is 23.5 Å². The molecule has 0 amide bonds. The second kappa shape index (κ2) is 15.6. The fraction of sp³-hybridized carbons (Fsp3) is 0.143. The molecule has 0 radical (unpaired) electrons. The lowest BCUT2D eigenvalue weighted by Crippen LogP contribution is -2.19. The van der Waals surface area contributed by atoms with Crippen LogP contribution in [0.15, 0.2) is 118 Å². The number of pyridine rings is 2. The maximum absolute atomic E-state index is 13.7. The maximum Gasteiger partial charge on any atom is 0.345 e. The first-order valence-electron chi connectivity index (χ1n) is 17.7. The van der Waals surface area contributed by atoms with Crippen LogP contribution in [0.25, 0.3) is 51.9 Å². The Bertz CT molecular complexity index is 3100. The lowest BCUT2D eigenvalue weighted by Gasteiger charge is -2.10. The molecule has 0 spiro atoms. The minimum Gasteiger partial charge on any atom is -0.462 e. The van der Waals surface area contributed by atoms with Crippen molar-refractivity contribution in [3.05, 3.63) is 147 Å². The van der Waals surface area contributed by atoms with Crippen LogP contribution in [0, 0.1) is 5.82 Å². The number of carbonyl (C=O) groups is 2. The highest BCUT2D eigenvalue weighted by atomic mass is 32.2.